The minimum absolute atomic E-state index is 0.0968. The summed E-state index contributed by atoms with van der Waals surface area (Å²) >= 11 is 1.58. The summed E-state index contributed by atoms with van der Waals surface area (Å²) in [5, 5.41) is 0. The maximum atomic E-state index is 12.5. The predicted molar refractivity (Wildman–Crippen MR) is 81.2 cm³/mol. The molecule has 0 unspecified atom stereocenters. The average molecular weight is 294 g/mol. The van der Waals surface area contributed by atoms with E-state index >= 15 is 0 Å². The van der Waals surface area contributed by atoms with Crippen LogP contribution in [-0.4, -0.2) is 47.8 Å². The van der Waals surface area contributed by atoms with Crippen LogP contribution in [0.2, 0.25) is 0 Å². The fraction of sp³-hybridized carbons (Fsp3) is 0.600. The summed E-state index contributed by atoms with van der Waals surface area (Å²) in [5.41, 5.74) is 1.26. The van der Waals surface area contributed by atoms with Crippen LogP contribution in [0.4, 0.5) is 0 Å². The molecule has 0 aromatic carbocycles. The van der Waals surface area contributed by atoms with E-state index in [-0.39, 0.29) is 11.8 Å². The van der Waals surface area contributed by atoms with E-state index in [1.165, 1.54) is 10.4 Å². The second-order valence-corrected chi connectivity index (χ2v) is 6.45. The van der Waals surface area contributed by atoms with Gasteiger partial charge in [-0.1, -0.05) is 6.92 Å². The van der Waals surface area contributed by atoms with Gasteiger partial charge in [0, 0.05) is 38.0 Å². The Morgan fingerprint density at radius 3 is 2.45 bits per heavy atom. The van der Waals surface area contributed by atoms with Gasteiger partial charge < -0.3 is 9.80 Å². The molecular weight excluding hydrogens is 272 g/mol. The molecule has 1 aliphatic rings. The van der Waals surface area contributed by atoms with E-state index in [9.17, 15) is 9.59 Å². The first-order chi connectivity index (χ1) is 9.52. The van der Waals surface area contributed by atoms with E-state index in [0.717, 1.165) is 30.8 Å². The third kappa shape index (κ3) is 3.20. The highest BCUT2D eigenvalue weighted by Crippen LogP contribution is 2.23. The summed E-state index contributed by atoms with van der Waals surface area (Å²) in [7, 11) is 0. The lowest BCUT2D eigenvalue weighted by molar-refractivity contribution is -0.128. The lowest BCUT2D eigenvalue weighted by Gasteiger charge is -2.20. The van der Waals surface area contributed by atoms with E-state index < -0.39 is 0 Å². The normalized spacial score (nSPS) is 16.1. The fourth-order valence-electron chi connectivity index (χ4n) is 2.57. The second kappa shape index (κ2) is 6.39. The number of amides is 2. The number of carbonyl (C=O) groups excluding carboxylic acids is 2. The van der Waals surface area contributed by atoms with Gasteiger partial charge in [-0.3, -0.25) is 9.59 Å². The quantitative estimate of drug-likeness (QED) is 0.840. The number of hydrogen-bond donors (Lipinski definition) is 0. The SMILES string of the molecule is CCc1cc(C(=O)N2CCCN(C(C)=O)CC2)sc1C. The van der Waals surface area contributed by atoms with E-state index in [1.54, 1.807) is 18.3 Å². The van der Waals surface area contributed by atoms with E-state index in [4.69, 9.17) is 0 Å². The summed E-state index contributed by atoms with van der Waals surface area (Å²) in [6.45, 7) is 8.54. The van der Waals surface area contributed by atoms with Crippen molar-refractivity contribution in [3.05, 3.63) is 21.4 Å². The topological polar surface area (TPSA) is 40.6 Å². The van der Waals surface area contributed by atoms with Crippen LogP contribution in [0.5, 0.6) is 0 Å². The highest BCUT2D eigenvalue weighted by Gasteiger charge is 2.22. The number of thiophene rings is 1. The zero-order valence-electron chi connectivity index (χ0n) is 12.4. The number of aryl methyl sites for hydroxylation is 2. The Balaban J connectivity index is 2.07. The summed E-state index contributed by atoms with van der Waals surface area (Å²) in [4.78, 5) is 29.7. The van der Waals surface area contributed by atoms with Crippen molar-refractivity contribution in [1.29, 1.82) is 0 Å². The number of carbonyl (C=O) groups is 2. The van der Waals surface area contributed by atoms with Crippen LogP contribution in [0.25, 0.3) is 0 Å². The molecule has 1 saturated heterocycles. The summed E-state index contributed by atoms with van der Waals surface area (Å²) in [6.07, 6.45) is 1.82. The van der Waals surface area contributed by atoms with Gasteiger partial charge in [-0.15, -0.1) is 11.3 Å². The third-order valence-corrected chi connectivity index (χ3v) is 4.92. The molecule has 1 aliphatic heterocycles. The number of hydrogen-bond acceptors (Lipinski definition) is 3. The van der Waals surface area contributed by atoms with E-state index in [0.29, 0.717) is 13.1 Å². The van der Waals surface area contributed by atoms with Gasteiger partial charge in [0.2, 0.25) is 5.91 Å². The zero-order chi connectivity index (χ0) is 14.7. The molecule has 0 aliphatic carbocycles. The van der Waals surface area contributed by atoms with Gasteiger partial charge in [0.25, 0.3) is 5.91 Å². The highest BCUT2D eigenvalue weighted by atomic mass is 32.1. The lowest BCUT2D eigenvalue weighted by atomic mass is 10.2. The van der Waals surface area contributed by atoms with E-state index in [2.05, 4.69) is 13.8 Å². The minimum atomic E-state index is 0.0968. The molecule has 1 fully saturated rings. The van der Waals surface area contributed by atoms with Gasteiger partial charge in [-0.25, -0.2) is 0 Å². The molecular formula is C15H22N2O2S. The lowest BCUT2D eigenvalue weighted by Crippen LogP contribution is -2.36. The molecule has 2 amide bonds. The molecule has 5 heteroatoms. The molecule has 4 nitrogen and oxygen atoms in total. The van der Waals surface area contributed by atoms with Crippen LogP contribution < -0.4 is 0 Å². The Kier molecular flexibility index (Phi) is 4.81. The van der Waals surface area contributed by atoms with Crippen LogP contribution in [0, 0.1) is 6.92 Å². The maximum absolute atomic E-state index is 12.5. The van der Waals surface area contributed by atoms with Crippen LogP contribution in [-0.2, 0) is 11.2 Å². The second-order valence-electron chi connectivity index (χ2n) is 5.20. The first kappa shape index (κ1) is 15.0. The van der Waals surface area contributed by atoms with Crippen molar-refractivity contribution in [3.8, 4) is 0 Å². The monoisotopic (exact) mass is 294 g/mol. The van der Waals surface area contributed by atoms with Crippen molar-refractivity contribution < 1.29 is 9.59 Å². The zero-order valence-corrected chi connectivity index (χ0v) is 13.3. The molecule has 0 atom stereocenters. The van der Waals surface area contributed by atoms with Gasteiger partial charge in [-0.2, -0.15) is 0 Å². The van der Waals surface area contributed by atoms with Gasteiger partial charge in [0.15, 0.2) is 0 Å². The summed E-state index contributed by atoms with van der Waals surface area (Å²) < 4.78 is 0. The first-order valence-corrected chi connectivity index (χ1v) is 7.98. The molecule has 0 spiro atoms. The Labute approximate surface area is 124 Å². The third-order valence-electron chi connectivity index (χ3n) is 3.84. The molecule has 0 N–H and O–H groups in total. The summed E-state index contributed by atoms with van der Waals surface area (Å²) in [6, 6.07) is 2.02. The van der Waals surface area contributed by atoms with Crippen molar-refractivity contribution >= 4 is 23.2 Å². The van der Waals surface area contributed by atoms with Crippen LogP contribution in [0.1, 0.15) is 40.4 Å². The van der Waals surface area contributed by atoms with Crippen LogP contribution in [0.15, 0.2) is 6.07 Å². The Morgan fingerprint density at radius 2 is 1.85 bits per heavy atom. The molecule has 0 radical (unpaired) electrons. The molecule has 1 aromatic heterocycles. The first-order valence-electron chi connectivity index (χ1n) is 7.17. The smallest absolute Gasteiger partial charge is 0.263 e. The van der Waals surface area contributed by atoms with Gasteiger partial charge in [-0.05, 0) is 31.4 Å². The Morgan fingerprint density at radius 1 is 1.20 bits per heavy atom. The fourth-order valence-corrected chi connectivity index (χ4v) is 3.65. The Hall–Kier alpha value is -1.36. The van der Waals surface area contributed by atoms with E-state index in [1.807, 2.05) is 15.9 Å². The highest BCUT2D eigenvalue weighted by molar-refractivity contribution is 7.14. The molecule has 0 saturated carbocycles. The van der Waals surface area contributed by atoms with Crippen molar-refractivity contribution in [3.63, 3.8) is 0 Å². The van der Waals surface area contributed by atoms with Crippen molar-refractivity contribution in [2.24, 2.45) is 0 Å². The predicted octanol–water partition coefficient (Wildman–Crippen LogP) is 2.31. The van der Waals surface area contributed by atoms with Crippen molar-refractivity contribution in [2.45, 2.75) is 33.6 Å². The minimum Gasteiger partial charge on any atom is -0.341 e. The van der Waals surface area contributed by atoms with Crippen LogP contribution >= 0.6 is 11.3 Å². The van der Waals surface area contributed by atoms with Gasteiger partial charge >= 0.3 is 0 Å². The largest absolute Gasteiger partial charge is 0.341 e. The summed E-state index contributed by atoms with van der Waals surface area (Å²) in [5.74, 6) is 0.211. The molecule has 110 valence electrons. The van der Waals surface area contributed by atoms with Gasteiger partial charge in [0.1, 0.15) is 0 Å². The Bertz CT molecular complexity index is 510. The molecule has 1 aromatic rings. The van der Waals surface area contributed by atoms with Crippen molar-refractivity contribution in [2.75, 3.05) is 26.2 Å². The molecule has 0 bridgehead atoms. The van der Waals surface area contributed by atoms with Crippen molar-refractivity contribution in [1.82, 2.24) is 9.80 Å². The number of nitrogens with zero attached hydrogens (tertiary/aromatic N) is 2. The number of rotatable bonds is 2. The molecule has 2 rings (SSSR count). The maximum Gasteiger partial charge on any atom is 0.263 e. The van der Waals surface area contributed by atoms with Crippen LogP contribution in [0.3, 0.4) is 0 Å². The molecule has 20 heavy (non-hydrogen) atoms. The van der Waals surface area contributed by atoms with Gasteiger partial charge in [0.05, 0.1) is 4.88 Å². The standard InChI is InChI=1S/C15H22N2O2S/c1-4-13-10-14(20-11(13)2)15(19)17-7-5-6-16(8-9-17)12(3)18/h10H,4-9H2,1-3H3. The molecule has 2 heterocycles. The average Bonchev–Trinajstić information content (AvgIpc) is 2.64.